The Hall–Kier alpha value is -3.58. The van der Waals surface area contributed by atoms with Gasteiger partial charge in [0.25, 0.3) is 0 Å². The fourth-order valence-corrected chi connectivity index (χ4v) is 4.75. The Bertz CT molecular complexity index is 1330. The van der Waals surface area contributed by atoms with Gasteiger partial charge in [0, 0.05) is 31.3 Å². The van der Waals surface area contributed by atoms with Gasteiger partial charge in [-0.15, -0.1) is 0 Å². The van der Waals surface area contributed by atoms with E-state index >= 15 is 0 Å². The second kappa shape index (κ2) is 10.7. The van der Waals surface area contributed by atoms with Crippen molar-refractivity contribution in [1.82, 2.24) is 19.9 Å². The van der Waals surface area contributed by atoms with Gasteiger partial charge in [0.2, 0.25) is 11.8 Å². The van der Waals surface area contributed by atoms with Crippen LogP contribution in [0.2, 0.25) is 0 Å². The average molecular weight is 538 g/mol. The number of methoxy groups -OCH3 is 2. The minimum Gasteiger partial charge on any atom is -0.481 e. The number of piperidine rings is 1. The number of amides is 1. The van der Waals surface area contributed by atoms with E-state index in [1.165, 1.54) is 33.5 Å². The summed E-state index contributed by atoms with van der Waals surface area (Å²) < 4.78 is 65.9. The summed E-state index contributed by atoms with van der Waals surface area (Å²) in [4.78, 5) is 26.4. The highest BCUT2D eigenvalue weighted by atomic mass is 19.4. The lowest BCUT2D eigenvalue weighted by Crippen LogP contribution is -2.47. The van der Waals surface area contributed by atoms with Crippen LogP contribution in [0.5, 0.6) is 5.88 Å². The van der Waals surface area contributed by atoms with Crippen LogP contribution in [0.1, 0.15) is 42.5 Å². The molecular formula is C25H27F4N5O4. The number of hydrogen-bond acceptors (Lipinski definition) is 8. The monoisotopic (exact) mass is 537 g/mol. The second-order valence-electron chi connectivity index (χ2n) is 8.95. The Morgan fingerprint density at radius 2 is 1.95 bits per heavy atom. The first kappa shape index (κ1) is 27.5. The number of carbonyl (C=O) groups is 1. The van der Waals surface area contributed by atoms with Crippen molar-refractivity contribution in [3.63, 3.8) is 0 Å². The van der Waals surface area contributed by atoms with Crippen LogP contribution in [0.3, 0.4) is 0 Å². The molecule has 0 spiro atoms. The molecule has 3 heterocycles. The molecule has 13 heteroatoms. The summed E-state index contributed by atoms with van der Waals surface area (Å²) in [6, 6.07) is 3.96. The normalized spacial score (nSPS) is 16.4. The number of aliphatic hydroxyl groups excluding tert-OH is 1. The molecule has 1 aromatic carbocycles. The van der Waals surface area contributed by atoms with Crippen molar-refractivity contribution in [3.05, 3.63) is 53.1 Å². The van der Waals surface area contributed by atoms with E-state index in [4.69, 9.17) is 9.47 Å². The average Bonchev–Trinajstić information content (AvgIpc) is 2.91. The number of benzene rings is 1. The van der Waals surface area contributed by atoms with E-state index in [1.54, 1.807) is 11.0 Å². The van der Waals surface area contributed by atoms with Gasteiger partial charge in [-0.25, -0.2) is 14.4 Å². The number of aromatic nitrogens is 3. The summed E-state index contributed by atoms with van der Waals surface area (Å²) in [5.41, 5.74) is -1.59. The number of halogens is 4. The lowest BCUT2D eigenvalue weighted by molar-refractivity contribution is -0.141. The first-order valence-corrected chi connectivity index (χ1v) is 11.8. The van der Waals surface area contributed by atoms with Gasteiger partial charge in [0.1, 0.15) is 30.2 Å². The number of fused-ring (bicyclic) bond motifs is 1. The minimum atomic E-state index is -4.83. The molecule has 1 fully saturated rings. The molecule has 0 unspecified atom stereocenters. The fraction of sp³-hybridized carbons (Fsp3) is 0.440. The third-order valence-electron chi connectivity index (χ3n) is 6.88. The number of likely N-dealkylation sites (tertiary alicyclic amines) is 1. The molecule has 1 aliphatic rings. The third-order valence-corrected chi connectivity index (χ3v) is 6.88. The zero-order valence-corrected chi connectivity index (χ0v) is 21.0. The van der Waals surface area contributed by atoms with Gasteiger partial charge in [-0.05, 0) is 31.9 Å². The van der Waals surface area contributed by atoms with E-state index < -0.39 is 35.8 Å². The molecule has 2 aromatic heterocycles. The van der Waals surface area contributed by atoms with Gasteiger partial charge in [0.15, 0.2) is 5.65 Å². The van der Waals surface area contributed by atoms with Gasteiger partial charge in [-0.3, -0.25) is 4.79 Å². The molecule has 1 atom stereocenters. The van der Waals surface area contributed by atoms with E-state index in [2.05, 4.69) is 20.3 Å². The first-order chi connectivity index (χ1) is 18.0. The predicted octanol–water partition coefficient (Wildman–Crippen LogP) is 3.82. The van der Waals surface area contributed by atoms with E-state index in [0.29, 0.717) is 42.9 Å². The summed E-state index contributed by atoms with van der Waals surface area (Å²) in [6.07, 6.45) is -2.82. The molecule has 9 nitrogen and oxygen atoms in total. The Kier molecular flexibility index (Phi) is 7.70. The van der Waals surface area contributed by atoms with Crippen molar-refractivity contribution < 1.29 is 36.9 Å². The number of rotatable bonds is 7. The second-order valence-corrected chi connectivity index (χ2v) is 8.95. The number of anilines is 1. The number of nitrogens with zero attached hydrogens (tertiary/aromatic N) is 4. The largest absolute Gasteiger partial charge is 0.481 e. The topological polar surface area (TPSA) is 110 Å². The number of nitrogens with one attached hydrogen (secondary N) is 1. The van der Waals surface area contributed by atoms with Crippen LogP contribution >= 0.6 is 0 Å². The van der Waals surface area contributed by atoms with Crippen molar-refractivity contribution in [1.29, 1.82) is 0 Å². The maximum atomic E-state index is 14.8. The Balaban J connectivity index is 1.73. The molecule has 1 saturated heterocycles. The zero-order valence-electron chi connectivity index (χ0n) is 21.0. The van der Waals surface area contributed by atoms with E-state index in [9.17, 15) is 27.5 Å². The standard InChI is InChI=1S/C25H27F4N5O4/c1-14(15-5-4-6-17(20(15)26)25(27,28)29)32-21-16-11-18(23(37-2)33-22(16)31-13-30-21)24(38-3)7-9-34(10-8-24)19(36)12-35/h4-6,11,13-14,35H,7-10,12H2,1-3H3,(H,30,31,32,33)/t14-/m1/s1. The van der Waals surface area contributed by atoms with Crippen molar-refractivity contribution in [2.24, 2.45) is 0 Å². The molecule has 204 valence electrons. The molecule has 0 saturated carbocycles. The summed E-state index contributed by atoms with van der Waals surface area (Å²) in [5.74, 6) is -1.26. The molecule has 0 aliphatic carbocycles. The lowest BCUT2D eigenvalue weighted by atomic mass is 9.84. The summed E-state index contributed by atoms with van der Waals surface area (Å²) >= 11 is 0. The number of aliphatic hydroxyl groups is 1. The zero-order chi connectivity index (χ0) is 27.7. The number of pyridine rings is 1. The lowest BCUT2D eigenvalue weighted by Gasteiger charge is -2.41. The van der Waals surface area contributed by atoms with Crippen molar-refractivity contribution in [2.75, 3.05) is 39.2 Å². The maximum absolute atomic E-state index is 14.8. The number of ether oxygens (including phenoxy) is 2. The van der Waals surface area contributed by atoms with Gasteiger partial charge in [-0.1, -0.05) is 12.1 Å². The quantitative estimate of drug-likeness (QED) is 0.438. The fourth-order valence-electron chi connectivity index (χ4n) is 4.75. The van der Waals surface area contributed by atoms with Crippen LogP contribution in [-0.4, -0.2) is 64.8 Å². The summed E-state index contributed by atoms with van der Waals surface area (Å²) in [6.45, 7) is 1.60. The van der Waals surface area contributed by atoms with Gasteiger partial charge < -0.3 is 24.8 Å². The number of alkyl halides is 3. The summed E-state index contributed by atoms with van der Waals surface area (Å²) in [5, 5.41) is 12.6. The Labute approximate surface area is 215 Å². The predicted molar refractivity (Wildman–Crippen MR) is 129 cm³/mol. The molecule has 1 amide bonds. The van der Waals surface area contributed by atoms with Crippen molar-refractivity contribution in [3.8, 4) is 5.88 Å². The van der Waals surface area contributed by atoms with Crippen molar-refractivity contribution >= 4 is 22.8 Å². The molecule has 1 aliphatic heterocycles. The van der Waals surface area contributed by atoms with Gasteiger partial charge in [0.05, 0.1) is 24.1 Å². The van der Waals surface area contributed by atoms with Crippen LogP contribution in [0.15, 0.2) is 30.6 Å². The van der Waals surface area contributed by atoms with Crippen LogP contribution in [0.25, 0.3) is 11.0 Å². The number of carbonyl (C=O) groups excluding carboxylic acids is 1. The van der Waals surface area contributed by atoms with Crippen LogP contribution in [0.4, 0.5) is 23.4 Å². The van der Waals surface area contributed by atoms with Gasteiger partial charge in [-0.2, -0.15) is 18.2 Å². The van der Waals surface area contributed by atoms with Crippen LogP contribution in [0, 0.1) is 5.82 Å². The Morgan fingerprint density at radius 1 is 1.24 bits per heavy atom. The summed E-state index contributed by atoms with van der Waals surface area (Å²) in [7, 11) is 2.98. The maximum Gasteiger partial charge on any atom is 0.419 e. The molecule has 38 heavy (non-hydrogen) atoms. The molecule has 0 bridgehead atoms. The van der Waals surface area contributed by atoms with Crippen LogP contribution in [-0.2, 0) is 21.3 Å². The SMILES string of the molecule is COc1nc2ncnc(N[C@H](C)c3cccc(C(F)(F)F)c3F)c2cc1C1(OC)CCN(C(=O)CO)CC1. The van der Waals surface area contributed by atoms with E-state index in [1.807, 2.05) is 0 Å². The highest BCUT2D eigenvalue weighted by Gasteiger charge is 2.41. The Morgan fingerprint density at radius 3 is 2.55 bits per heavy atom. The molecule has 4 rings (SSSR count). The van der Waals surface area contributed by atoms with Gasteiger partial charge >= 0.3 is 6.18 Å². The highest BCUT2D eigenvalue weighted by Crippen LogP contribution is 2.42. The van der Waals surface area contributed by atoms with Crippen LogP contribution < -0.4 is 10.1 Å². The smallest absolute Gasteiger partial charge is 0.419 e. The number of hydrogen-bond donors (Lipinski definition) is 2. The minimum absolute atomic E-state index is 0.178. The molecule has 3 aromatic rings. The third kappa shape index (κ3) is 5.07. The first-order valence-electron chi connectivity index (χ1n) is 11.8. The molecule has 2 N–H and O–H groups in total. The highest BCUT2D eigenvalue weighted by molar-refractivity contribution is 5.87. The molecular weight excluding hydrogens is 510 g/mol. The molecule has 0 radical (unpaired) electrons. The van der Waals surface area contributed by atoms with E-state index in [-0.39, 0.29) is 28.8 Å². The van der Waals surface area contributed by atoms with E-state index in [0.717, 1.165) is 6.07 Å². The van der Waals surface area contributed by atoms with Crippen molar-refractivity contribution in [2.45, 2.75) is 37.6 Å².